The molecule has 1 aliphatic heterocycles. The van der Waals surface area contributed by atoms with Crippen LogP contribution in [0, 0.1) is 0 Å². The van der Waals surface area contributed by atoms with Gasteiger partial charge in [-0.15, -0.1) is 5.10 Å². The largest absolute Gasteiger partial charge is 0.497 e. The van der Waals surface area contributed by atoms with E-state index in [0.29, 0.717) is 4.96 Å². The monoisotopic (exact) mass is 314 g/mol. The van der Waals surface area contributed by atoms with Crippen molar-refractivity contribution in [3.8, 4) is 5.75 Å². The third kappa shape index (κ3) is 2.14. The molecule has 6 nitrogen and oxygen atoms in total. The van der Waals surface area contributed by atoms with Gasteiger partial charge in [0, 0.05) is 25.4 Å². The Morgan fingerprint density at radius 3 is 3.00 bits per heavy atom. The Labute approximate surface area is 130 Å². The molecule has 0 saturated heterocycles. The van der Waals surface area contributed by atoms with Crippen molar-refractivity contribution < 1.29 is 4.74 Å². The molecule has 0 unspecified atom stereocenters. The zero-order chi connectivity index (χ0) is 15.1. The van der Waals surface area contributed by atoms with E-state index in [-0.39, 0.29) is 5.56 Å². The molecule has 0 amide bonds. The number of benzene rings is 1. The summed E-state index contributed by atoms with van der Waals surface area (Å²) in [5.74, 6) is 0.864. The Bertz CT molecular complexity index is 902. The average molecular weight is 314 g/mol. The minimum atomic E-state index is -0.147. The molecule has 112 valence electrons. The van der Waals surface area contributed by atoms with Crippen LogP contribution < -0.4 is 15.2 Å². The molecule has 7 heteroatoms. The Morgan fingerprint density at radius 2 is 2.18 bits per heavy atom. The molecule has 22 heavy (non-hydrogen) atoms. The Morgan fingerprint density at radius 1 is 1.27 bits per heavy atom. The molecule has 0 radical (unpaired) electrons. The van der Waals surface area contributed by atoms with Crippen LogP contribution in [0.3, 0.4) is 0 Å². The van der Waals surface area contributed by atoms with E-state index in [4.69, 9.17) is 4.74 Å². The van der Waals surface area contributed by atoms with E-state index in [0.717, 1.165) is 30.4 Å². The number of rotatable bonds is 2. The summed E-state index contributed by atoms with van der Waals surface area (Å²) >= 11 is 1.44. The van der Waals surface area contributed by atoms with Crippen molar-refractivity contribution in [2.75, 3.05) is 18.6 Å². The van der Waals surface area contributed by atoms with Gasteiger partial charge in [0.1, 0.15) is 5.75 Å². The predicted molar refractivity (Wildman–Crippen MR) is 84.9 cm³/mol. The van der Waals surface area contributed by atoms with Gasteiger partial charge in [0.25, 0.3) is 5.56 Å². The van der Waals surface area contributed by atoms with E-state index >= 15 is 0 Å². The number of fused-ring (bicyclic) bond motifs is 2. The van der Waals surface area contributed by atoms with Crippen LogP contribution in [0.5, 0.6) is 5.75 Å². The lowest BCUT2D eigenvalue weighted by atomic mass is 10.00. The van der Waals surface area contributed by atoms with Gasteiger partial charge in [-0.05, 0) is 29.7 Å². The van der Waals surface area contributed by atoms with Crippen LogP contribution in [0.4, 0.5) is 5.13 Å². The number of hydrogen-bond donors (Lipinski definition) is 0. The second-order valence-electron chi connectivity index (χ2n) is 5.17. The average Bonchev–Trinajstić information content (AvgIpc) is 2.99. The third-order valence-corrected chi connectivity index (χ3v) is 4.84. The first-order valence-corrected chi connectivity index (χ1v) is 7.82. The van der Waals surface area contributed by atoms with Gasteiger partial charge in [0.05, 0.1) is 7.11 Å². The molecule has 1 aliphatic rings. The smallest absolute Gasteiger partial charge is 0.275 e. The number of aromatic nitrogens is 3. The summed E-state index contributed by atoms with van der Waals surface area (Å²) in [5.41, 5.74) is 2.44. The summed E-state index contributed by atoms with van der Waals surface area (Å²) in [4.78, 5) is 18.8. The Balaban J connectivity index is 1.71. The van der Waals surface area contributed by atoms with E-state index in [1.165, 1.54) is 39.2 Å². The summed E-state index contributed by atoms with van der Waals surface area (Å²) < 4.78 is 6.66. The normalized spacial score (nSPS) is 14.1. The van der Waals surface area contributed by atoms with Gasteiger partial charge >= 0.3 is 0 Å². The minimum Gasteiger partial charge on any atom is -0.497 e. The van der Waals surface area contributed by atoms with Crippen molar-refractivity contribution in [2.45, 2.75) is 13.0 Å². The fourth-order valence-corrected chi connectivity index (χ4v) is 3.59. The molecule has 3 heterocycles. The van der Waals surface area contributed by atoms with Gasteiger partial charge in [-0.25, -0.2) is 4.98 Å². The molecule has 0 aliphatic carbocycles. The first kappa shape index (κ1) is 13.3. The van der Waals surface area contributed by atoms with Gasteiger partial charge < -0.3 is 9.64 Å². The lowest BCUT2D eigenvalue weighted by Crippen LogP contribution is -2.30. The Kier molecular flexibility index (Phi) is 3.07. The van der Waals surface area contributed by atoms with Gasteiger partial charge in [0.15, 0.2) is 0 Å². The van der Waals surface area contributed by atoms with Crippen LogP contribution in [0.15, 0.2) is 35.3 Å². The number of methoxy groups -OCH3 is 1. The summed E-state index contributed by atoms with van der Waals surface area (Å²) in [6.45, 7) is 1.65. The molecule has 0 atom stereocenters. The van der Waals surface area contributed by atoms with Crippen LogP contribution in [0.25, 0.3) is 4.96 Å². The second kappa shape index (κ2) is 5.10. The van der Waals surface area contributed by atoms with E-state index in [9.17, 15) is 4.79 Å². The minimum absolute atomic E-state index is 0.147. The fraction of sp³-hybridized carbons (Fsp3) is 0.267. The zero-order valence-corrected chi connectivity index (χ0v) is 12.8. The van der Waals surface area contributed by atoms with E-state index in [2.05, 4.69) is 27.1 Å². The number of ether oxygens (including phenoxy) is 1. The van der Waals surface area contributed by atoms with Crippen molar-refractivity contribution in [1.29, 1.82) is 0 Å². The maximum absolute atomic E-state index is 11.8. The highest BCUT2D eigenvalue weighted by Gasteiger charge is 2.20. The molecular formula is C15H14N4O2S. The quantitative estimate of drug-likeness (QED) is 0.721. The first-order valence-electron chi connectivity index (χ1n) is 7.00. The molecule has 0 N–H and O–H groups in total. The standard InChI is InChI=1S/C15H14N4O2S/c1-21-12-3-2-10-5-7-18(9-11(10)8-12)15-17-19-13(20)4-6-16-14(19)22-15/h2-4,6,8H,5,7,9H2,1H3. The van der Waals surface area contributed by atoms with Gasteiger partial charge in [-0.1, -0.05) is 17.4 Å². The molecule has 4 rings (SSSR count). The summed E-state index contributed by atoms with van der Waals surface area (Å²) in [5, 5.41) is 5.23. The van der Waals surface area contributed by atoms with E-state index in [1.54, 1.807) is 7.11 Å². The lowest BCUT2D eigenvalue weighted by Gasteiger charge is -2.28. The van der Waals surface area contributed by atoms with E-state index < -0.39 is 0 Å². The predicted octanol–water partition coefficient (Wildman–Crippen LogP) is 1.72. The maximum atomic E-state index is 11.8. The zero-order valence-electron chi connectivity index (χ0n) is 12.0. The highest BCUT2D eigenvalue weighted by atomic mass is 32.1. The topological polar surface area (TPSA) is 59.7 Å². The van der Waals surface area contributed by atoms with Crippen molar-refractivity contribution in [1.82, 2.24) is 14.6 Å². The summed E-state index contributed by atoms with van der Waals surface area (Å²) in [6, 6.07) is 7.61. The highest BCUT2D eigenvalue weighted by molar-refractivity contribution is 7.20. The van der Waals surface area contributed by atoms with Crippen LogP contribution >= 0.6 is 11.3 Å². The molecule has 2 aromatic heterocycles. The highest BCUT2D eigenvalue weighted by Crippen LogP contribution is 2.29. The Hall–Kier alpha value is -2.41. The maximum Gasteiger partial charge on any atom is 0.275 e. The van der Waals surface area contributed by atoms with Crippen molar-refractivity contribution in [2.24, 2.45) is 0 Å². The first-order chi connectivity index (χ1) is 10.7. The SMILES string of the molecule is COc1ccc2c(c1)CN(c1nn3c(=O)ccnc3s1)CC2. The molecule has 0 spiro atoms. The van der Waals surface area contributed by atoms with Crippen LogP contribution in [-0.2, 0) is 13.0 Å². The van der Waals surface area contributed by atoms with Crippen molar-refractivity contribution in [3.05, 3.63) is 51.9 Å². The summed E-state index contributed by atoms with van der Waals surface area (Å²) in [7, 11) is 1.67. The van der Waals surface area contributed by atoms with E-state index in [1.807, 2.05) is 6.07 Å². The van der Waals surface area contributed by atoms with Gasteiger partial charge in [-0.3, -0.25) is 4.79 Å². The fourth-order valence-electron chi connectivity index (χ4n) is 2.69. The molecule has 0 saturated carbocycles. The lowest BCUT2D eigenvalue weighted by molar-refractivity contribution is 0.413. The van der Waals surface area contributed by atoms with Crippen LogP contribution in [0.2, 0.25) is 0 Å². The number of nitrogens with zero attached hydrogens (tertiary/aromatic N) is 4. The van der Waals surface area contributed by atoms with Gasteiger partial charge in [-0.2, -0.15) is 4.52 Å². The number of hydrogen-bond acceptors (Lipinski definition) is 6. The van der Waals surface area contributed by atoms with Gasteiger partial charge in [0.2, 0.25) is 10.1 Å². The molecular weight excluding hydrogens is 300 g/mol. The third-order valence-electron chi connectivity index (χ3n) is 3.86. The van der Waals surface area contributed by atoms with Crippen LogP contribution in [0.1, 0.15) is 11.1 Å². The molecule has 0 fully saturated rings. The summed E-state index contributed by atoms with van der Waals surface area (Å²) in [6.07, 6.45) is 2.48. The van der Waals surface area contributed by atoms with Crippen molar-refractivity contribution in [3.63, 3.8) is 0 Å². The molecule has 3 aromatic rings. The van der Waals surface area contributed by atoms with Crippen molar-refractivity contribution >= 4 is 21.4 Å². The van der Waals surface area contributed by atoms with Crippen LogP contribution in [-0.4, -0.2) is 28.3 Å². The molecule has 0 bridgehead atoms. The second-order valence-corrected chi connectivity index (χ2v) is 6.10. The molecule has 1 aromatic carbocycles. The number of anilines is 1.